The number of hydrogen-bond donors (Lipinski definition) is 1. The first-order valence-corrected chi connectivity index (χ1v) is 7.85. The van der Waals surface area contributed by atoms with E-state index in [1.54, 1.807) is 0 Å². The Labute approximate surface area is 137 Å². The summed E-state index contributed by atoms with van der Waals surface area (Å²) in [4.78, 5) is 4.63. The summed E-state index contributed by atoms with van der Waals surface area (Å²) in [6, 6.07) is 16.1. The van der Waals surface area contributed by atoms with Crippen molar-refractivity contribution in [3.8, 4) is 0 Å². The maximum absolute atomic E-state index is 5.97. The Kier molecular flexibility index (Phi) is 4.13. The van der Waals surface area contributed by atoms with E-state index in [-0.39, 0.29) is 0 Å². The topological polar surface area (TPSA) is 24.9 Å². The van der Waals surface area contributed by atoms with Gasteiger partial charge in [-0.3, -0.25) is 4.98 Å². The lowest BCUT2D eigenvalue weighted by Gasteiger charge is -2.11. The second-order valence-corrected chi connectivity index (χ2v) is 6.21. The van der Waals surface area contributed by atoms with Crippen LogP contribution < -0.4 is 5.32 Å². The van der Waals surface area contributed by atoms with E-state index in [4.69, 9.17) is 11.6 Å². The Balaban J connectivity index is 1.90. The molecule has 1 N–H and O–H groups in total. The molecule has 0 saturated heterocycles. The maximum Gasteiger partial charge on any atom is 0.0936 e. The van der Waals surface area contributed by atoms with Gasteiger partial charge in [-0.15, -0.1) is 0 Å². The second kappa shape index (κ2) is 6.04. The zero-order chi connectivity index (χ0) is 14.8. The number of para-hydroxylation sites is 1. The second-order valence-electron chi connectivity index (χ2n) is 4.92. The summed E-state index contributed by atoms with van der Waals surface area (Å²) in [6.45, 7) is 2.72. The van der Waals surface area contributed by atoms with Crippen molar-refractivity contribution in [3.63, 3.8) is 0 Å². The Morgan fingerprint density at radius 2 is 2.00 bits per heavy atom. The predicted molar refractivity (Wildman–Crippen MR) is 93.0 cm³/mol. The molecule has 0 aliphatic rings. The number of aryl methyl sites for hydroxylation is 1. The van der Waals surface area contributed by atoms with Gasteiger partial charge in [-0.2, -0.15) is 0 Å². The van der Waals surface area contributed by atoms with E-state index in [2.05, 4.69) is 44.4 Å². The molecule has 0 fully saturated rings. The van der Waals surface area contributed by atoms with Crippen LogP contribution in [0.4, 0.5) is 5.69 Å². The van der Waals surface area contributed by atoms with Gasteiger partial charge in [-0.25, -0.2) is 0 Å². The minimum absolute atomic E-state index is 0.715. The van der Waals surface area contributed by atoms with Crippen molar-refractivity contribution in [1.29, 1.82) is 0 Å². The van der Waals surface area contributed by atoms with E-state index in [1.807, 2.05) is 37.3 Å². The normalized spacial score (nSPS) is 10.8. The highest BCUT2D eigenvalue weighted by Gasteiger charge is 2.05. The van der Waals surface area contributed by atoms with Crippen LogP contribution in [-0.2, 0) is 6.54 Å². The molecule has 3 rings (SSSR count). The van der Waals surface area contributed by atoms with Crippen LogP contribution in [0.2, 0.25) is 5.02 Å². The van der Waals surface area contributed by atoms with Crippen molar-refractivity contribution >= 4 is 44.1 Å². The van der Waals surface area contributed by atoms with Crippen LogP contribution in [0.1, 0.15) is 11.3 Å². The van der Waals surface area contributed by atoms with Crippen LogP contribution in [0, 0.1) is 6.92 Å². The van der Waals surface area contributed by atoms with E-state index in [0.29, 0.717) is 6.54 Å². The van der Waals surface area contributed by atoms with Crippen molar-refractivity contribution in [3.05, 3.63) is 69.3 Å². The lowest BCUT2D eigenvalue weighted by molar-refractivity contribution is 1.13. The smallest absolute Gasteiger partial charge is 0.0936 e. The Morgan fingerprint density at radius 1 is 1.14 bits per heavy atom. The zero-order valence-electron chi connectivity index (χ0n) is 11.5. The SMILES string of the molecule is Cc1ccc2cccc(NCc3ccc(Cl)cc3Br)c2n1. The van der Waals surface area contributed by atoms with Gasteiger partial charge in [-0.1, -0.05) is 51.8 Å². The molecule has 1 heterocycles. The highest BCUT2D eigenvalue weighted by Crippen LogP contribution is 2.25. The predicted octanol–water partition coefficient (Wildman–Crippen LogP) is 5.57. The standard InChI is InChI=1S/C17H14BrClN2/c1-11-5-6-12-3-2-4-16(17(12)21-11)20-10-13-7-8-14(19)9-15(13)18/h2-9,20H,10H2,1H3. The third-order valence-corrected chi connectivity index (χ3v) is 4.32. The van der Waals surface area contributed by atoms with Gasteiger partial charge in [0.1, 0.15) is 0 Å². The summed E-state index contributed by atoms with van der Waals surface area (Å²) >= 11 is 9.51. The average Bonchev–Trinajstić information content (AvgIpc) is 2.46. The number of halogens is 2. The van der Waals surface area contributed by atoms with E-state index in [1.165, 1.54) is 0 Å². The third-order valence-electron chi connectivity index (χ3n) is 3.34. The molecule has 1 aromatic heterocycles. The number of aromatic nitrogens is 1. The van der Waals surface area contributed by atoms with Gasteiger partial charge in [0.05, 0.1) is 11.2 Å². The number of anilines is 1. The Hall–Kier alpha value is -1.58. The van der Waals surface area contributed by atoms with Crippen LogP contribution in [0.5, 0.6) is 0 Å². The van der Waals surface area contributed by atoms with Crippen LogP contribution in [-0.4, -0.2) is 4.98 Å². The van der Waals surface area contributed by atoms with Crippen molar-refractivity contribution in [2.45, 2.75) is 13.5 Å². The molecule has 0 bridgehead atoms. The first-order chi connectivity index (χ1) is 10.1. The maximum atomic E-state index is 5.97. The molecule has 0 aliphatic carbocycles. The molecule has 4 heteroatoms. The molecule has 0 amide bonds. The quantitative estimate of drug-likeness (QED) is 0.659. The number of benzene rings is 2. The summed E-state index contributed by atoms with van der Waals surface area (Å²) in [5.41, 5.74) is 4.22. The van der Waals surface area contributed by atoms with E-state index in [0.717, 1.165) is 37.3 Å². The Morgan fingerprint density at radius 3 is 2.81 bits per heavy atom. The summed E-state index contributed by atoms with van der Waals surface area (Å²) in [5.74, 6) is 0. The van der Waals surface area contributed by atoms with Crippen LogP contribution in [0.3, 0.4) is 0 Å². The lowest BCUT2D eigenvalue weighted by atomic mass is 10.1. The van der Waals surface area contributed by atoms with Gasteiger partial charge in [0.25, 0.3) is 0 Å². The summed E-state index contributed by atoms with van der Waals surface area (Å²) < 4.78 is 1.01. The van der Waals surface area contributed by atoms with E-state index >= 15 is 0 Å². The van der Waals surface area contributed by atoms with Crippen molar-refractivity contribution < 1.29 is 0 Å². The fourth-order valence-corrected chi connectivity index (χ4v) is 3.07. The number of rotatable bonds is 3. The molecule has 106 valence electrons. The van der Waals surface area contributed by atoms with Gasteiger partial charge in [0.2, 0.25) is 0 Å². The van der Waals surface area contributed by atoms with Gasteiger partial charge < -0.3 is 5.32 Å². The summed E-state index contributed by atoms with van der Waals surface area (Å²) in [6.07, 6.45) is 0. The Bertz CT molecular complexity index is 802. The van der Waals surface area contributed by atoms with Gasteiger partial charge >= 0.3 is 0 Å². The largest absolute Gasteiger partial charge is 0.379 e. The molecular weight excluding hydrogens is 348 g/mol. The first kappa shape index (κ1) is 14.4. The van der Waals surface area contributed by atoms with E-state index in [9.17, 15) is 0 Å². The van der Waals surface area contributed by atoms with Gasteiger partial charge in [-0.05, 0) is 36.8 Å². The molecule has 0 saturated carbocycles. The summed E-state index contributed by atoms with van der Waals surface area (Å²) in [5, 5.41) is 5.33. The minimum Gasteiger partial charge on any atom is -0.379 e. The number of nitrogens with zero attached hydrogens (tertiary/aromatic N) is 1. The minimum atomic E-state index is 0.715. The monoisotopic (exact) mass is 360 g/mol. The lowest BCUT2D eigenvalue weighted by Crippen LogP contribution is -2.01. The molecule has 0 radical (unpaired) electrons. The molecule has 0 atom stereocenters. The zero-order valence-corrected chi connectivity index (χ0v) is 13.9. The number of hydrogen-bond acceptors (Lipinski definition) is 2. The molecular formula is C17H14BrClN2. The molecule has 2 nitrogen and oxygen atoms in total. The number of fused-ring (bicyclic) bond motifs is 1. The fourth-order valence-electron chi connectivity index (χ4n) is 2.24. The third kappa shape index (κ3) is 3.20. The van der Waals surface area contributed by atoms with Crippen molar-refractivity contribution in [2.75, 3.05) is 5.32 Å². The molecule has 0 spiro atoms. The highest BCUT2D eigenvalue weighted by atomic mass is 79.9. The van der Waals surface area contributed by atoms with Crippen LogP contribution >= 0.6 is 27.5 Å². The molecule has 3 aromatic rings. The highest BCUT2D eigenvalue weighted by molar-refractivity contribution is 9.10. The molecule has 0 unspecified atom stereocenters. The first-order valence-electron chi connectivity index (χ1n) is 6.68. The van der Waals surface area contributed by atoms with Crippen molar-refractivity contribution in [2.24, 2.45) is 0 Å². The molecule has 2 aromatic carbocycles. The van der Waals surface area contributed by atoms with Gasteiger partial charge in [0.15, 0.2) is 0 Å². The summed E-state index contributed by atoms with van der Waals surface area (Å²) in [7, 11) is 0. The molecule has 0 aliphatic heterocycles. The average molecular weight is 362 g/mol. The number of nitrogens with one attached hydrogen (secondary N) is 1. The molecule has 21 heavy (non-hydrogen) atoms. The van der Waals surface area contributed by atoms with Crippen LogP contribution in [0.25, 0.3) is 10.9 Å². The fraction of sp³-hybridized carbons (Fsp3) is 0.118. The number of pyridine rings is 1. The van der Waals surface area contributed by atoms with E-state index < -0.39 is 0 Å². The van der Waals surface area contributed by atoms with Crippen molar-refractivity contribution in [1.82, 2.24) is 4.98 Å². The van der Waals surface area contributed by atoms with Crippen LogP contribution in [0.15, 0.2) is 53.0 Å². The van der Waals surface area contributed by atoms with Gasteiger partial charge in [0, 0.05) is 27.1 Å².